The van der Waals surface area contributed by atoms with Crippen molar-refractivity contribution in [3.8, 4) is 0 Å². The van der Waals surface area contributed by atoms with Gasteiger partial charge < -0.3 is 4.52 Å². The van der Waals surface area contributed by atoms with Gasteiger partial charge in [0.15, 0.2) is 0 Å². The van der Waals surface area contributed by atoms with Crippen molar-refractivity contribution in [3.63, 3.8) is 0 Å². The number of benzene rings is 1. The van der Waals surface area contributed by atoms with Gasteiger partial charge in [-0.25, -0.2) is 0 Å². The number of hydrogen-bond acceptors (Lipinski definition) is 2. The Morgan fingerprint density at radius 1 is 1.38 bits per heavy atom. The second kappa shape index (κ2) is 4.47. The van der Waals surface area contributed by atoms with E-state index in [2.05, 4.69) is 0 Å². The summed E-state index contributed by atoms with van der Waals surface area (Å²) in [5.74, 6) is 0. The predicted octanol–water partition coefficient (Wildman–Crippen LogP) is 4.10. The molecule has 5 heteroatoms. The molecular weight excluding hydrogens is 230 g/mol. The van der Waals surface area contributed by atoms with E-state index in [9.17, 15) is 4.57 Å². The van der Waals surface area contributed by atoms with E-state index in [-0.39, 0.29) is 6.61 Å². The highest BCUT2D eigenvalue weighted by Gasteiger charge is 2.14. The molecule has 0 aliphatic carbocycles. The van der Waals surface area contributed by atoms with Crippen LogP contribution in [-0.2, 0) is 15.7 Å². The first-order valence-electron chi connectivity index (χ1n) is 3.67. The minimum atomic E-state index is -3.41. The van der Waals surface area contributed by atoms with Gasteiger partial charge in [0.1, 0.15) is 0 Å². The normalized spacial score (nSPS) is 11.6. The summed E-state index contributed by atoms with van der Waals surface area (Å²) in [6.07, 6.45) is -3.41. The Hall–Kier alpha value is -0.0100. The van der Waals surface area contributed by atoms with Crippen molar-refractivity contribution in [3.05, 3.63) is 35.4 Å². The molecule has 0 amide bonds. The molecule has 0 saturated carbocycles. The van der Waals surface area contributed by atoms with Crippen LogP contribution in [0.4, 0.5) is 0 Å². The predicted molar refractivity (Wildman–Crippen MR) is 55.3 cm³/mol. The maximum absolute atomic E-state index is 10.8. The number of halogens is 2. The summed E-state index contributed by atoms with van der Waals surface area (Å²) in [5, 5.41) is 0. The van der Waals surface area contributed by atoms with E-state index in [1.165, 1.54) is 0 Å². The SMILES string of the molecule is Cc1ccccc1COP(=O)(Cl)Cl. The lowest BCUT2D eigenvalue weighted by Crippen LogP contribution is -1.89. The molecule has 0 radical (unpaired) electrons. The average molecular weight is 239 g/mol. The minimum absolute atomic E-state index is 0.178. The Bertz CT molecular complexity index is 335. The first-order valence-corrected chi connectivity index (χ1v) is 7.11. The highest BCUT2D eigenvalue weighted by molar-refractivity contribution is 8.05. The molecule has 1 rings (SSSR count). The molecular formula is C8H9Cl2O2P. The maximum Gasteiger partial charge on any atom is 0.380 e. The second-order valence-electron chi connectivity index (χ2n) is 2.61. The fourth-order valence-electron chi connectivity index (χ4n) is 0.917. The van der Waals surface area contributed by atoms with Gasteiger partial charge in [-0.05, 0) is 40.5 Å². The van der Waals surface area contributed by atoms with Crippen LogP contribution in [0.1, 0.15) is 11.1 Å². The number of rotatable bonds is 3. The molecule has 72 valence electrons. The largest absolute Gasteiger partial charge is 0.380 e. The van der Waals surface area contributed by atoms with Crippen molar-refractivity contribution >= 4 is 28.6 Å². The summed E-state index contributed by atoms with van der Waals surface area (Å²) in [7, 11) is 0. The summed E-state index contributed by atoms with van der Waals surface area (Å²) in [6.45, 7) is 2.11. The summed E-state index contributed by atoms with van der Waals surface area (Å²) in [6, 6.07) is 7.60. The summed E-state index contributed by atoms with van der Waals surface area (Å²) in [5.41, 5.74) is 1.99. The van der Waals surface area contributed by atoms with E-state index in [0.29, 0.717) is 0 Å². The Balaban J connectivity index is 2.65. The summed E-state index contributed by atoms with van der Waals surface area (Å²) < 4.78 is 15.6. The van der Waals surface area contributed by atoms with Crippen LogP contribution >= 0.6 is 28.6 Å². The molecule has 0 unspecified atom stereocenters. The van der Waals surface area contributed by atoms with Crippen molar-refractivity contribution < 1.29 is 9.09 Å². The van der Waals surface area contributed by atoms with E-state index in [0.717, 1.165) is 11.1 Å². The molecule has 0 aromatic heterocycles. The molecule has 0 aliphatic rings. The minimum Gasteiger partial charge on any atom is -0.301 e. The van der Waals surface area contributed by atoms with Crippen LogP contribution in [0.25, 0.3) is 0 Å². The van der Waals surface area contributed by atoms with Crippen LogP contribution in [0.5, 0.6) is 0 Å². The van der Waals surface area contributed by atoms with Gasteiger partial charge >= 0.3 is 6.07 Å². The van der Waals surface area contributed by atoms with E-state index in [1.807, 2.05) is 31.2 Å². The number of aryl methyl sites for hydroxylation is 1. The van der Waals surface area contributed by atoms with Crippen LogP contribution in [0.3, 0.4) is 0 Å². The third-order valence-corrected chi connectivity index (χ3v) is 2.65. The van der Waals surface area contributed by atoms with Crippen molar-refractivity contribution in [2.45, 2.75) is 13.5 Å². The molecule has 1 aromatic carbocycles. The zero-order chi connectivity index (χ0) is 9.90. The third kappa shape index (κ3) is 4.15. The van der Waals surface area contributed by atoms with Crippen molar-refractivity contribution in [2.75, 3.05) is 0 Å². The van der Waals surface area contributed by atoms with Crippen LogP contribution in [0.15, 0.2) is 24.3 Å². The smallest absolute Gasteiger partial charge is 0.301 e. The van der Waals surface area contributed by atoms with Crippen LogP contribution < -0.4 is 0 Å². The van der Waals surface area contributed by atoms with Crippen LogP contribution in [0, 0.1) is 6.92 Å². The van der Waals surface area contributed by atoms with Crippen LogP contribution in [0.2, 0.25) is 0 Å². The molecule has 1 aromatic rings. The molecule has 0 spiro atoms. The van der Waals surface area contributed by atoms with E-state index < -0.39 is 6.07 Å². The molecule has 0 N–H and O–H groups in total. The van der Waals surface area contributed by atoms with Gasteiger partial charge in [-0.15, -0.1) is 0 Å². The molecule has 0 atom stereocenters. The monoisotopic (exact) mass is 238 g/mol. The standard InChI is InChI=1S/C8H9Cl2O2P/c1-7-4-2-3-5-8(7)6-12-13(9,10)11/h2-5H,6H2,1H3. The Labute approximate surface area is 86.8 Å². The lowest BCUT2D eigenvalue weighted by Gasteiger charge is -2.06. The maximum atomic E-state index is 10.8. The van der Waals surface area contributed by atoms with Gasteiger partial charge in [-0.1, -0.05) is 24.3 Å². The summed E-state index contributed by atoms with van der Waals surface area (Å²) in [4.78, 5) is 0. The van der Waals surface area contributed by atoms with Gasteiger partial charge in [0, 0.05) is 0 Å². The van der Waals surface area contributed by atoms with Gasteiger partial charge in [0.25, 0.3) is 0 Å². The third-order valence-electron chi connectivity index (χ3n) is 1.63. The first-order chi connectivity index (χ1) is 5.99. The van der Waals surface area contributed by atoms with Crippen LogP contribution in [-0.4, -0.2) is 0 Å². The van der Waals surface area contributed by atoms with Gasteiger partial charge in [-0.3, -0.25) is 4.57 Å². The van der Waals surface area contributed by atoms with Gasteiger partial charge in [0.2, 0.25) is 0 Å². The van der Waals surface area contributed by atoms with Crippen molar-refractivity contribution in [1.29, 1.82) is 0 Å². The fraction of sp³-hybridized carbons (Fsp3) is 0.250. The van der Waals surface area contributed by atoms with E-state index in [4.69, 9.17) is 27.0 Å². The molecule has 2 nitrogen and oxygen atoms in total. The molecule has 13 heavy (non-hydrogen) atoms. The zero-order valence-corrected chi connectivity index (χ0v) is 9.44. The molecule has 0 bridgehead atoms. The van der Waals surface area contributed by atoms with E-state index in [1.54, 1.807) is 0 Å². The first kappa shape index (κ1) is 11.1. The molecule has 0 saturated heterocycles. The Morgan fingerprint density at radius 3 is 2.54 bits per heavy atom. The van der Waals surface area contributed by atoms with Gasteiger partial charge in [0.05, 0.1) is 6.61 Å². The summed E-state index contributed by atoms with van der Waals surface area (Å²) >= 11 is 10.5. The van der Waals surface area contributed by atoms with E-state index >= 15 is 0 Å². The topological polar surface area (TPSA) is 26.3 Å². The highest BCUT2D eigenvalue weighted by atomic mass is 35.9. The van der Waals surface area contributed by atoms with Crippen molar-refractivity contribution in [2.24, 2.45) is 0 Å². The average Bonchev–Trinajstić information content (AvgIpc) is 2.01. The lowest BCUT2D eigenvalue weighted by atomic mass is 10.1. The Kier molecular flexibility index (Phi) is 3.81. The zero-order valence-electron chi connectivity index (χ0n) is 7.04. The number of hydrogen-bond donors (Lipinski definition) is 0. The fourth-order valence-corrected chi connectivity index (χ4v) is 1.50. The Morgan fingerprint density at radius 2 is 2.00 bits per heavy atom. The molecule has 0 aliphatic heterocycles. The van der Waals surface area contributed by atoms with Crippen molar-refractivity contribution in [1.82, 2.24) is 0 Å². The highest BCUT2D eigenvalue weighted by Crippen LogP contribution is 2.58. The molecule has 0 fully saturated rings. The van der Waals surface area contributed by atoms with Gasteiger partial charge in [-0.2, -0.15) is 0 Å². The quantitative estimate of drug-likeness (QED) is 0.742. The molecule has 0 heterocycles. The second-order valence-corrected chi connectivity index (χ2v) is 6.89. The lowest BCUT2D eigenvalue weighted by molar-refractivity contribution is 0.322.